The molecule has 5 atom stereocenters. The van der Waals surface area contributed by atoms with Crippen molar-refractivity contribution in [3.8, 4) is 11.5 Å². The molecular formula is C29H26N4O6. The standard InChI is InChI=1S/C29H26N4O6/c1-15-30-27(39-32-15)19-8-9-20-21(28-31-24-26(36)25(35)23(14-34)37-29(24)38-28)13-33(22(20)11-19)12-16-6-7-17-4-2-3-5-18(17)10-16/h2-11,13,23-26,29,34-36H,12,14H2,1H3/t23-,24?,25-,26?,29-/m1/s1. The fourth-order valence-electron chi connectivity index (χ4n) is 5.39. The Morgan fingerprint density at radius 1 is 0.974 bits per heavy atom. The minimum Gasteiger partial charge on any atom is -0.445 e. The van der Waals surface area contributed by atoms with E-state index in [2.05, 4.69) is 50.0 Å². The van der Waals surface area contributed by atoms with Crippen LogP contribution < -0.4 is 0 Å². The molecule has 3 aromatic carbocycles. The number of aliphatic hydroxyl groups excluding tert-OH is 3. The Morgan fingerprint density at radius 3 is 2.62 bits per heavy atom. The van der Waals surface area contributed by atoms with E-state index in [1.807, 2.05) is 36.5 Å². The molecule has 0 amide bonds. The lowest BCUT2D eigenvalue weighted by Crippen LogP contribution is -2.56. The molecule has 7 rings (SSSR count). The van der Waals surface area contributed by atoms with Gasteiger partial charge in [-0.3, -0.25) is 0 Å². The van der Waals surface area contributed by atoms with Gasteiger partial charge in [-0.05, 0) is 41.5 Å². The van der Waals surface area contributed by atoms with Gasteiger partial charge >= 0.3 is 0 Å². The van der Waals surface area contributed by atoms with Crippen LogP contribution in [0.1, 0.15) is 17.0 Å². The Balaban J connectivity index is 1.32. The molecule has 2 unspecified atom stereocenters. The fourth-order valence-corrected chi connectivity index (χ4v) is 5.39. The lowest BCUT2D eigenvalue weighted by atomic mass is 9.98. The van der Waals surface area contributed by atoms with Gasteiger partial charge in [-0.15, -0.1) is 0 Å². The normalized spacial score (nSPS) is 24.6. The van der Waals surface area contributed by atoms with Crippen molar-refractivity contribution < 1.29 is 29.3 Å². The molecule has 39 heavy (non-hydrogen) atoms. The molecule has 1 saturated heterocycles. The average Bonchev–Trinajstić information content (AvgIpc) is 3.67. The van der Waals surface area contributed by atoms with Crippen molar-refractivity contribution in [2.24, 2.45) is 4.99 Å². The number of fused-ring (bicyclic) bond motifs is 3. The zero-order valence-electron chi connectivity index (χ0n) is 21.0. The van der Waals surface area contributed by atoms with Gasteiger partial charge in [-0.2, -0.15) is 4.98 Å². The first-order chi connectivity index (χ1) is 19.0. The number of benzene rings is 3. The van der Waals surface area contributed by atoms with E-state index in [-0.39, 0.29) is 0 Å². The molecule has 4 heterocycles. The van der Waals surface area contributed by atoms with Crippen LogP contribution in [0.5, 0.6) is 0 Å². The van der Waals surface area contributed by atoms with Gasteiger partial charge < -0.3 is 33.9 Å². The molecule has 2 aliphatic rings. The Hall–Kier alpha value is -4.09. The van der Waals surface area contributed by atoms with Gasteiger partial charge in [0.1, 0.15) is 24.4 Å². The van der Waals surface area contributed by atoms with Gasteiger partial charge in [0.15, 0.2) is 5.82 Å². The Morgan fingerprint density at radius 2 is 1.82 bits per heavy atom. The van der Waals surface area contributed by atoms with Crippen molar-refractivity contribution >= 4 is 27.6 Å². The van der Waals surface area contributed by atoms with Gasteiger partial charge in [0, 0.05) is 29.2 Å². The second-order valence-electron chi connectivity index (χ2n) is 9.98. The van der Waals surface area contributed by atoms with Gasteiger partial charge in [-0.1, -0.05) is 47.6 Å². The maximum Gasteiger partial charge on any atom is 0.257 e. The summed E-state index contributed by atoms with van der Waals surface area (Å²) in [5.74, 6) is 1.28. The summed E-state index contributed by atoms with van der Waals surface area (Å²) in [5.41, 5.74) is 3.52. The summed E-state index contributed by atoms with van der Waals surface area (Å²) in [6.45, 7) is 1.91. The van der Waals surface area contributed by atoms with Crippen LogP contribution >= 0.6 is 0 Å². The summed E-state index contributed by atoms with van der Waals surface area (Å²) in [5, 5.41) is 37.6. The average molecular weight is 527 g/mol. The van der Waals surface area contributed by atoms with E-state index in [1.54, 1.807) is 6.92 Å². The molecule has 0 spiro atoms. The van der Waals surface area contributed by atoms with Crippen LogP contribution in [0.15, 0.2) is 76.4 Å². The van der Waals surface area contributed by atoms with Gasteiger partial charge in [-0.25, -0.2) is 4.99 Å². The van der Waals surface area contributed by atoms with E-state index in [9.17, 15) is 15.3 Å². The molecule has 0 saturated carbocycles. The van der Waals surface area contributed by atoms with Crippen molar-refractivity contribution in [2.45, 2.75) is 44.1 Å². The van der Waals surface area contributed by atoms with Crippen LogP contribution in [-0.2, 0) is 16.0 Å². The minimum atomic E-state index is -1.27. The van der Waals surface area contributed by atoms with Gasteiger partial charge in [0.2, 0.25) is 12.2 Å². The molecule has 0 radical (unpaired) electrons. The fraction of sp³-hybridized carbons (Fsp3) is 0.276. The smallest absolute Gasteiger partial charge is 0.257 e. The number of aryl methyl sites for hydroxylation is 1. The van der Waals surface area contributed by atoms with E-state index in [0.29, 0.717) is 24.2 Å². The summed E-state index contributed by atoms with van der Waals surface area (Å²) in [6, 6.07) is 19.7. The highest BCUT2D eigenvalue weighted by Crippen LogP contribution is 2.34. The number of aliphatic hydroxyl groups is 3. The first-order valence-electron chi connectivity index (χ1n) is 12.8. The summed E-state index contributed by atoms with van der Waals surface area (Å²) < 4.78 is 19.3. The van der Waals surface area contributed by atoms with Crippen LogP contribution in [0, 0.1) is 6.92 Å². The summed E-state index contributed by atoms with van der Waals surface area (Å²) in [7, 11) is 0. The zero-order chi connectivity index (χ0) is 26.7. The van der Waals surface area contributed by atoms with E-state index in [0.717, 1.165) is 33.0 Å². The molecule has 10 nitrogen and oxygen atoms in total. The maximum absolute atomic E-state index is 10.6. The lowest BCUT2D eigenvalue weighted by molar-refractivity contribution is -0.234. The van der Waals surface area contributed by atoms with Crippen molar-refractivity contribution in [1.29, 1.82) is 0 Å². The van der Waals surface area contributed by atoms with Crippen molar-refractivity contribution in [1.82, 2.24) is 14.7 Å². The van der Waals surface area contributed by atoms with E-state index in [4.69, 9.17) is 14.0 Å². The molecule has 10 heteroatoms. The molecule has 2 aromatic heterocycles. The predicted molar refractivity (Wildman–Crippen MR) is 142 cm³/mol. The third kappa shape index (κ3) is 4.09. The van der Waals surface area contributed by atoms with Crippen LogP contribution in [0.3, 0.4) is 0 Å². The van der Waals surface area contributed by atoms with Crippen LogP contribution in [-0.4, -0.2) is 73.2 Å². The summed E-state index contributed by atoms with van der Waals surface area (Å²) in [4.78, 5) is 8.97. The molecule has 1 fully saturated rings. The maximum atomic E-state index is 10.6. The second-order valence-corrected chi connectivity index (χ2v) is 9.98. The summed E-state index contributed by atoms with van der Waals surface area (Å²) >= 11 is 0. The number of rotatable bonds is 5. The third-order valence-corrected chi connectivity index (χ3v) is 7.40. The third-order valence-electron chi connectivity index (χ3n) is 7.40. The highest BCUT2D eigenvalue weighted by molar-refractivity contribution is 6.08. The van der Waals surface area contributed by atoms with Gasteiger partial charge in [0.05, 0.1) is 12.2 Å². The molecule has 2 aliphatic heterocycles. The second kappa shape index (κ2) is 9.28. The highest BCUT2D eigenvalue weighted by atomic mass is 16.7. The molecular weight excluding hydrogens is 500 g/mol. The molecule has 3 N–H and O–H groups in total. The van der Waals surface area contributed by atoms with E-state index in [1.165, 1.54) is 5.39 Å². The molecule has 0 bridgehead atoms. The molecule has 5 aromatic rings. The first kappa shape index (κ1) is 24.0. The van der Waals surface area contributed by atoms with Crippen molar-refractivity contribution in [3.63, 3.8) is 0 Å². The predicted octanol–water partition coefficient (Wildman–Crippen LogP) is 2.79. The van der Waals surface area contributed by atoms with E-state index >= 15 is 0 Å². The molecule has 0 aliphatic carbocycles. The zero-order valence-corrected chi connectivity index (χ0v) is 21.0. The number of ether oxygens (including phenoxy) is 2. The lowest BCUT2D eigenvalue weighted by Gasteiger charge is -2.36. The molecule has 198 valence electrons. The van der Waals surface area contributed by atoms with E-state index < -0.39 is 37.3 Å². The SMILES string of the molecule is Cc1noc(-c2ccc3c(C4=NC5C(O)[C@H](O)[C@@H](CO)O[C@@H]5O4)cn(Cc4ccc5ccccc5c4)c3c2)n1. The topological polar surface area (TPSA) is 135 Å². The Bertz CT molecular complexity index is 1730. The van der Waals surface area contributed by atoms with Gasteiger partial charge in [0.25, 0.3) is 5.89 Å². The number of aromatic nitrogens is 3. The highest BCUT2D eigenvalue weighted by Gasteiger charge is 2.49. The van der Waals surface area contributed by atoms with Crippen LogP contribution in [0.2, 0.25) is 0 Å². The number of aliphatic imine (C=N–C) groups is 1. The summed E-state index contributed by atoms with van der Waals surface area (Å²) in [6.07, 6.45) is -2.39. The van der Waals surface area contributed by atoms with Crippen molar-refractivity contribution in [2.75, 3.05) is 6.61 Å². The first-order valence-corrected chi connectivity index (χ1v) is 12.8. The Labute approximate surface area is 222 Å². The quantitative estimate of drug-likeness (QED) is 0.318. The van der Waals surface area contributed by atoms with Crippen LogP contribution in [0.4, 0.5) is 0 Å². The minimum absolute atomic E-state index is 0.304. The monoisotopic (exact) mass is 526 g/mol. The number of nitrogens with zero attached hydrogens (tertiary/aromatic N) is 4. The number of hydrogen-bond acceptors (Lipinski definition) is 9. The number of hydrogen-bond donors (Lipinski definition) is 3. The van der Waals surface area contributed by atoms with Crippen molar-refractivity contribution in [3.05, 3.63) is 83.8 Å². The Kier molecular flexibility index (Phi) is 5.71. The largest absolute Gasteiger partial charge is 0.445 e. The van der Waals surface area contributed by atoms with Crippen LogP contribution in [0.25, 0.3) is 33.1 Å².